The summed E-state index contributed by atoms with van der Waals surface area (Å²) in [7, 11) is 0. The zero-order valence-electron chi connectivity index (χ0n) is 10.0. The van der Waals surface area contributed by atoms with Gasteiger partial charge in [-0.2, -0.15) is 0 Å². The topological polar surface area (TPSA) is 26.0 Å². The van der Waals surface area contributed by atoms with Crippen LogP contribution in [0.2, 0.25) is 0 Å². The molecule has 1 aromatic rings. The van der Waals surface area contributed by atoms with Crippen molar-refractivity contribution in [1.82, 2.24) is 0 Å². The largest absolute Gasteiger partial charge is 0.402 e. The van der Waals surface area contributed by atoms with E-state index >= 15 is 0 Å². The summed E-state index contributed by atoms with van der Waals surface area (Å²) in [4.78, 5) is 0. The Morgan fingerprint density at radius 2 is 1.81 bits per heavy atom. The highest BCUT2D eigenvalue weighted by Crippen LogP contribution is 2.13. The fraction of sp³-hybridized carbons (Fsp3) is 0.286. The molecule has 0 spiro atoms. The molecule has 16 heavy (non-hydrogen) atoms. The average Bonchev–Trinajstić information content (AvgIpc) is 2.20. The summed E-state index contributed by atoms with van der Waals surface area (Å²) >= 11 is 3.41. The third kappa shape index (κ3) is 4.23. The lowest BCUT2D eigenvalue weighted by Gasteiger charge is -2.05. The molecule has 86 valence electrons. The van der Waals surface area contributed by atoms with Crippen molar-refractivity contribution in [2.75, 3.05) is 0 Å². The fourth-order valence-electron chi connectivity index (χ4n) is 1.46. The Hall–Kier alpha value is -1.02. The molecular formula is C14H18BrN. The molecule has 0 aliphatic carbocycles. The molecule has 0 saturated carbocycles. The monoisotopic (exact) mass is 279 g/mol. The van der Waals surface area contributed by atoms with E-state index in [0.29, 0.717) is 0 Å². The lowest BCUT2D eigenvalue weighted by Crippen LogP contribution is -2.04. The Labute approximate surface area is 106 Å². The number of aryl methyl sites for hydroxylation is 1. The van der Waals surface area contributed by atoms with Crippen LogP contribution in [-0.4, -0.2) is 0 Å². The van der Waals surface area contributed by atoms with Crippen LogP contribution >= 0.6 is 15.9 Å². The van der Waals surface area contributed by atoms with Crippen molar-refractivity contribution in [3.8, 4) is 0 Å². The molecule has 0 atom stereocenters. The van der Waals surface area contributed by atoms with E-state index in [4.69, 9.17) is 5.73 Å². The minimum atomic E-state index is 0.808. The first-order valence-corrected chi connectivity index (χ1v) is 6.13. The highest BCUT2D eigenvalue weighted by Gasteiger charge is 1.98. The molecule has 2 N–H and O–H groups in total. The maximum Gasteiger partial charge on any atom is 0.0155 e. The van der Waals surface area contributed by atoms with Crippen molar-refractivity contribution in [1.29, 1.82) is 0 Å². The van der Waals surface area contributed by atoms with E-state index in [-0.39, 0.29) is 0 Å². The van der Waals surface area contributed by atoms with Gasteiger partial charge in [0.2, 0.25) is 0 Å². The van der Waals surface area contributed by atoms with Crippen molar-refractivity contribution in [2.45, 2.75) is 27.2 Å². The minimum absolute atomic E-state index is 0.808. The molecule has 0 radical (unpaired) electrons. The number of benzene rings is 1. The second-order valence-corrected chi connectivity index (χ2v) is 5.35. The van der Waals surface area contributed by atoms with Gasteiger partial charge in [0.05, 0.1) is 0 Å². The Balaban J connectivity index is 2.81. The number of nitrogens with two attached hydrogens (primary N) is 1. The summed E-state index contributed by atoms with van der Waals surface area (Å²) in [6.07, 6.45) is 2.85. The molecule has 0 aliphatic rings. The first-order valence-electron chi connectivity index (χ1n) is 5.33. The van der Waals surface area contributed by atoms with E-state index in [1.54, 1.807) is 0 Å². The van der Waals surface area contributed by atoms with Gasteiger partial charge in [-0.3, -0.25) is 0 Å². The smallest absolute Gasteiger partial charge is 0.0155 e. The van der Waals surface area contributed by atoms with E-state index in [0.717, 1.165) is 22.2 Å². The maximum atomic E-state index is 6.05. The van der Waals surface area contributed by atoms with Crippen molar-refractivity contribution >= 4 is 15.9 Å². The average molecular weight is 280 g/mol. The summed E-state index contributed by atoms with van der Waals surface area (Å²) in [5, 5.41) is 0. The van der Waals surface area contributed by atoms with Crippen molar-refractivity contribution in [2.24, 2.45) is 5.73 Å². The predicted molar refractivity (Wildman–Crippen MR) is 74.5 cm³/mol. The van der Waals surface area contributed by atoms with Crippen molar-refractivity contribution < 1.29 is 0 Å². The Bertz CT molecular complexity index is 409. The van der Waals surface area contributed by atoms with E-state index < -0.39 is 0 Å². The fourth-order valence-corrected chi connectivity index (χ4v) is 1.80. The molecular weight excluding hydrogens is 262 g/mol. The number of halogens is 1. The van der Waals surface area contributed by atoms with E-state index in [1.165, 1.54) is 11.1 Å². The van der Waals surface area contributed by atoms with Crippen LogP contribution in [0.3, 0.4) is 0 Å². The normalized spacial score (nSPS) is 13.6. The van der Waals surface area contributed by atoms with E-state index in [1.807, 2.05) is 19.9 Å². The van der Waals surface area contributed by atoms with E-state index in [2.05, 4.69) is 47.1 Å². The van der Waals surface area contributed by atoms with Crippen molar-refractivity contribution in [3.63, 3.8) is 0 Å². The highest BCUT2D eigenvalue weighted by atomic mass is 79.9. The van der Waals surface area contributed by atoms with Crippen LogP contribution < -0.4 is 5.73 Å². The van der Waals surface area contributed by atoms with Gasteiger partial charge in [0, 0.05) is 12.1 Å². The number of hydrogen-bond donors (Lipinski definition) is 1. The first-order chi connectivity index (χ1) is 7.49. The summed E-state index contributed by atoms with van der Waals surface area (Å²) < 4.78 is 1.09. The van der Waals surface area contributed by atoms with Gasteiger partial charge in [-0.05, 0) is 42.5 Å². The zero-order valence-corrected chi connectivity index (χ0v) is 11.6. The third-order valence-electron chi connectivity index (χ3n) is 2.44. The number of rotatable bonds is 3. The van der Waals surface area contributed by atoms with Gasteiger partial charge in [0.15, 0.2) is 0 Å². The number of hydrogen-bond acceptors (Lipinski definition) is 1. The Morgan fingerprint density at radius 3 is 2.31 bits per heavy atom. The summed E-state index contributed by atoms with van der Waals surface area (Å²) in [6.45, 7) is 6.13. The molecule has 0 fully saturated rings. The van der Waals surface area contributed by atoms with Crippen LogP contribution in [0.4, 0.5) is 0 Å². The van der Waals surface area contributed by atoms with Crippen LogP contribution in [0.15, 0.2) is 46.1 Å². The molecule has 0 unspecified atom stereocenters. The lowest BCUT2D eigenvalue weighted by atomic mass is 10.1. The van der Waals surface area contributed by atoms with Gasteiger partial charge in [0.25, 0.3) is 0 Å². The summed E-state index contributed by atoms with van der Waals surface area (Å²) in [5.41, 5.74) is 10.6. The molecule has 0 aliphatic heterocycles. The second kappa shape index (κ2) is 5.90. The molecule has 2 heteroatoms. The molecule has 0 amide bonds. The van der Waals surface area contributed by atoms with Crippen LogP contribution in [0.1, 0.15) is 25.0 Å². The third-order valence-corrected chi connectivity index (χ3v) is 2.67. The minimum Gasteiger partial charge on any atom is -0.402 e. The van der Waals surface area contributed by atoms with Crippen LogP contribution in [0, 0.1) is 6.92 Å². The van der Waals surface area contributed by atoms with Gasteiger partial charge in [0.1, 0.15) is 0 Å². The van der Waals surface area contributed by atoms with Crippen LogP contribution in [0.5, 0.6) is 0 Å². The number of allylic oxidation sites excluding steroid dienone is 4. The van der Waals surface area contributed by atoms with Crippen LogP contribution in [-0.2, 0) is 6.42 Å². The highest BCUT2D eigenvalue weighted by molar-refractivity contribution is 9.11. The van der Waals surface area contributed by atoms with Gasteiger partial charge in [-0.25, -0.2) is 0 Å². The summed E-state index contributed by atoms with van der Waals surface area (Å²) in [6, 6.07) is 8.48. The lowest BCUT2D eigenvalue weighted by molar-refractivity contribution is 1.07. The molecule has 0 heterocycles. The van der Waals surface area contributed by atoms with Crippen LogP contribution in [0.25, 0.3) is 0 Å². The molecule has 1 rings (SSSR count). The second-order valence-electron chi connectivity index (χ2n) is 4.10. The quantitative estimate of drug-likeness (QED) is 0.830. The standard InChI is InChI=1S/C14H18BrN/c1-10-4-6-13(7-5-10)9-14(16)11(2)8-12(3)15/h4-8H,9,16H2,1-3H3/b12-8+,14-11-. The van der Waals surface area contributed by atoms with E-state index in [9.17, 15) is 0 Å². The molecule has 0 bridgehead atoms. The van der Waals surface area contributed by atoms with Gasteiger partial charge < -0.3 is 5.73 Å². The first kappa shape index (κ1) is 13.0. The summed E-state index contributed by atoms with van der Waals surface area (Å²) in [5.74, 6) is 0. The predicted octanol–water partition coefficient (Wildman–Crippen LogP) is 4.07. The Morgan fingerprint density at radius 1 is 1.25 bits per heavy atom. The zero-order chi connectivity index (χ0) is 12.1. The van der Waals surface area contributed by atoms with Gasteiger partial charge >= 0.3 is 0 Å². The molecule has 0 saturated heterocycles. The maximum absolute atomic E-state index is 6.05. The van der Waals surface area contributed by atoms with Gasteiger partial charge in [-0.1, -0.05) is 45.8 Å². The Kier molecular flexibility index (Phi) is 4.81. The van der Waals surface area contributed by atoms with Gasteiger partial charge in [-0.15, -0.1) is 0 Å². The molecule has 0 aromatic heterocycles. The molecule has 1 aromatic carbocycles. The van der Waals surface area contributed by atoms with Crippen molar-refractivity contribution in [3.05, 3.63) is 57.2 Å². The SMILES string of the molecule is CC(/C=C(\C)Br)=C(/N)Cc1ccc(C)cc1. The molecule has 1 nitrogen and oxygen atoms in total.